The van der Waals surface area contributed by atoms with Gasteiger partial charge < -0.3 is 10.2 Å². The van der Waals surface area contributed by atoms with Crippen LogP contribution in [0.5, 0.6) is 0 Å². The van der Waals surface area contributed by atoms with Crippen molar-refractivity contribution in [3.8, 4) is 0 Å². The highest BCUT2D eigenvalue weighted by atomic mass is 16.2. The van der Waals surface area contributed by atoms with Crippen LogP contribution in [0.1, 0.15) is 44.6 Å². The number of hydrogen-bond acceptors (Lipinski definition) is 2. The Kier molecular flexibility index (Phi) is 4.66. The number of quaternary nitrogens is 1. The van der Waals surface area contributed by atoms with E-state index >= 15 is 0 Å². The van der Waals surface area contributed by atoms with E-state index in [2.05, 4.69) is 24.4 Å². The monoisotopic (exact) mass is 316 g/mol. The molecule has 2 N–H and O–H groups in total. The summed E-state index contributed by atoms with van der Waals surface area (Å²) in [6.07, 6.45) is 4.77. The molecule has 1 heterocycles. The number of carbonyl (C=O) groups excluding carboxylic acids is 2. The maximum absolute atomic E-state index is 12.8. The Labute approximate surface area is 137 Å². The maximum atomic E-state index is 12.8. The van der Waals surface area contributed by atoms with Gasteiger partial charge in [-0.2, -0.15) is 0 Å². The fraction of sp³-hybridized carbons (Fsp3) is 0.556. The van der Waals surface area contributed by atoms with Crippen LogP contribution in [0.4, 0.5) is 4.79 Å². The number of hydrogen-bond donors (Lipinski definition) is 2. The summed E-state index contributed by atoms with van der Waals surface area (Å²) in [5.41, 5.74) is 0.616. The zero-order valence-electron chi connectivity index (χ0n) is 13.8. The third-order valence-electron chi connectivity index (χ3n) is 5.13. The smallest absolute Gasteiger partial charge is 0.323 e. The number of rotatable bonds is 5. The number of urea groups is 1. The normalized spacial score (nSPS) is 21.5. The van der Waals surface area contributed by atoms with Crippen LogP contribution in [0.25, 0.3) is 0 Å². The predicted octanol–water partition coefficient (Wildman–Crippen LogP) is 1.30. The van der Waals surface area contributed by atoms with Crippen LogP contribution in [-0.2, 0) is 11.3 Å². The molecule has 1 atom stereocenters. The Bertz CT molecular complexity index is 567. The van der Waals surface area contributed by atoms with Crippen LogP contribution < -0.4 is 10.2 Å². The van der Waals surface area contributed by atoms with Gasteiger partial charge >= 0.3 is 6.03 Å². The van der Waals surface area contributed by atoms with Crippen molar-refractivity contribution in [1.29, 1.82) is 0 Å². The van der Waals surface area contributed by atoms with E-state index in [4.69, 9.17) is 0 Å². The molecule has 0 bridgehead atoms. The molecule has 1 aromatic rings. The van der Waals surface area contributed by atoms with E-state index in [1.165, 1.54) is 15.4 Å². The van der Waals surface area contributed by atoms with Gasteiger partial charge in [0.05, 0.1) is 6.54 Å². The van der Waals surface area contributed by atoms with Crippen LogP contribution in [0.15, 0.2) is 30.3 Å². The highest BCUT2D eigenvalue weighted by molar-refractivity contribution is 6.06. The van der Waals surface area contributed by atoms with Gasteiger partial charge in [0.25, 0.3) is 5.91 Å². The molecule has 1 saturated carbocycles. The minimum absolute atomic E-state index is 0.0128. The molecule has 1 spiro atoms. The first kappa shape index (κ1) is 16.0. The Balaban J connectivity index is 1.68. The van der Waals surface area contributed by atoms with Crippen LogP contribution in [0.2, 0.25) is 0 Å². The van der Waals surface area contributed by atoms with E-state index in [-0.39, 0.29) is 11.9 Å². The highest BCUT2D eigenvalue weighted by Gasteiger charge is 2.52. The van der Waals surface area contributed by atoms with Gasteiger partial charge in [-0.05, 0) is 19.8 Å². The summed E-state index contributed by atoms with van der Waals surface area (Å²) in [5, 5.41) is 2.99. The molecule has 2 aliphatic rings. The minimum Gasteiger partial charge on any atom is -0.323 e. The summed E-state index contributed by atoms with van der Waals surface area (Å²) >= 11 is 0. The molecular formula is C18H26N3O2+. The summed E-state index contributed by atoms with van der Waals surface area (Å²) in [5.74, 6) is -0.0128. The van der Waals surface area contributed by atoms with Crippen LogP contribution >= 0.6 is 0 Å². The quantitative estimate of drug-likeness (QED) is 0.805. The Morgan fingerprint density at radius 3 is 2.48 bits per heavy atom. The fourth-order valence-electron chi connectivity index (χ4n) is 3.71. The average molecular weight is 316 g/mol. The van der Waals surface area contributed by atoms with Crippen molar-refractivity contribution >= 4 is 11.9 Å². The summed E-state index contributed by atoms with van der Waals surface area (Å²) in [4.78, 5) is 27.8. The second kappa shape index (κ2) is 6.71. The lowest BCUT2D eigenvalue weighted by Crippen LogP contribution is -3.12. The first-order valence-corrected chi connectivity index (χ1v) is 8.66. The summed E-state index contributed by atoms with van der Waals surface area (Å²) < 4.78 is 0. The summed E-state index contributed by atoms with van der Waals surface area (Å²) in [6, 6.07) is 10.0. The molecule has 1 aliphatic heterocycles. The first-order chi connectivity index (χ1) is 11.1. The van der Waals surface area contributed by atoms with E-state index < -0.39 is 5.54 Å². The van der Waals surface area contributed by atoms with Gasteiger partial charge in [0.1, 0.15) is 12.1 Å². The SMILES string of the molecule is CC[NH+](Cc1ccccc1)CN1C(=O)NC2(CCCCC2)C1=O. The lowest BCUT2D eigenvalue weighted by molar-refractivity contribution is -0.919. The molecule has 5 nitrogen and oxygen atoms in total. The van der Waals surface area contributed by atoms with E-state index in [1.807, 2.05) is 18.2 Å². The first-order valence-electron chi connectivity index (χ1n) is 8.66. The number of amides is 3. The van der Waals surface area contributed by atoms with E-state index in [0.717, 1.165) is 45.2 Å². The van der Waals surface area contributed by atoms with E-state index in [1.54, 1.807) is 0 Å². The van der Waals surface area contributed by atoms with Crippen LogP contribution in [-0.4, -0.2) is 35.6 Å². The minimum atomic E-state index is -0.610. The molecule has 124 valence electrons. The lowest BCUT2D eigenvalue weighted by atomic mass is 9.82. The molecule has 1 aliphatic carbocycles. The van der Waals surface area contributed by atoms with Gasteiger partial charge in [-0.3, -0.25) is 4.79 Å². The zero-order valence-corrected chi connectivity index (χ0v) is 13.8. The number of nitrogens with one attached hydrogen (secondary N) is 2. The standard InChI is InChI=1S/C18H25N3O2/c1-2-20(13-15-9-5-3-6-10-15)14-21-16(22)18(19-17(21)23)11-7-4-8-12-18/h3,5-6,9-10H,2,4,7-8,11-14H2,1H3,(H,19,23)/p+1. The molecule has 3 amide bonds. The van der Waals surface area contributed by atoms with Crippen molar-refractivity contribution in [2.24, 2.45) is 0 Å². The number of carbonyl (C=O) groups is 2. The molecule has 1 saturated heterocycles. The number of benzene rings is 1. The van der Waals surface area contributed by atoms with Gasteiger partial charge in [-0.15, -0.1) is 0 Å². The van der Waals surface area contributed by atoms with Crippen LogP contribution in [0.3, 0.4) is 0 Å². The van der Waals surface area contributed by atoms with Crippen molar-refractivity contribution in [1.82, 2.24) is 10.2 Å². The average Bonchev–Trinajstić information content (AvgIpc) is 2.80. The number of imide groups is 1. The third kappa shape index (κ3) is 3.24. The van der Waals surface area contributed by atoms with Crippen molar-refractivity contribution < 1.29 is 14.5 Å². The van der Waals surface area contributed by atoms with Gasteiger partial charge in [0.2, 0.25) is 0 Å². The maximum Gasteiger partial charge on any atom is 0.329 e. The van der Waals surface area contributed by atoms with Gasteiger partial charge in [0.15, 0.2) is 6.67 Å². The van der Waals surface area contributed by atoms with Crippen molar-refractivity contribution in [2.45, 2.75) is 51.1 Å². The summed E-state index contributed by atoms with van der Waals surface area (Å²) in [6.45, 7) is 4.23. The molecular weight excluding hydrogens is 290 g/mol. The molecule has 3 rings (SSSR count). The number of nitrogens with zero attached hydrogens (tertiary/aromatic N) is 1. The molecule has 1 aromatic carbocycles. The van der Waals surface area contributed by atoms with Crippen LogP contribution in [0, 0.1) is 0 Å². The molecule has 1 unspecified atom stereocenters. The molecule has 0 aromatic heterocycles. The zero-order chi connectivity index (χ0) is 16.3. The van der Waals surface area contributed by atoms with Gasteiger partial charge in [0, 0.05) is 5.56 Å². The van der Waals surface area contributed by atoms with Gasteiger partial charge in [-0.1, -0.05) is 49.6 Å². The summed E-state index contributed by atoms with van der Waals surface area (Å²) in [7, 11) is 0. The largest absolute Gasteiger partial charge is 0.329 e. The van der Waals surface area contributed by atoms with E-state index in [0.29, 0.717) is 6.67 Å². The Morgan fingerprint density at radius 2 is 1.83 bits per heavy atom. The molecule has 5 heteroatoms. The second-order valence-electron chi connectivity index (χ2n) is 6.73. The Hall–Kier alpha value is -1.88. The van der Waals surface area contributed by atoms with Gasteiger partial charge in [-0.25, -0.2) is 9.69 Å². The van der Waals surface area contributed by atoms with E-state index in [9.17, 15) is 9.59 Å². The van der Waals surface area contributed by atoms with Crippen molar-refractivity contribution in [3.05, 3.63) is 35.9 Å². The molecule has 0 radical (unpaired) electrons. The Morgan fingerprint density at radius 1 is 1.13 bits per heavy atom. The van der Waals surface area contributed by atoms with Crippen molar-refractivity contribution in [2.75, 3.05) is 13.2 Å². The second-order valence-corrected chi connectivity index (χ2v) is 6.73. The topological polar surface area (TPSA) is 53.9 Å². The fourth-order valence-corrected chi connectivity index (χ4v) is 3.71. The van der Waals surface area contributed by atoms with Crippen molar-refractivity contribution in [3.63, 3.8) is 0 Å². The lowest BCUT2D eigenvalue weighted by Gasteiger charge is -2.30. The molecule has 23 heavy (non-hydrogen) atoms. The third-order valence-corrected chi connectivity index (χ3v) is 5.13. The predicted molar refractivity (Wildman–Crippen MR) is 87.7 cm³/mol. The molecule has 2 fully saturated rings. The highest BCUT2D eigenvalue weighted by Crippen LogP contribution is 2.33.